The number of nitrogens with one attached hydrogen (secondary N) is 2. The average molecular weight is 414 g/mol. The quantitative estimate of drug-likeness (QED) is 0.508. The number of para-hydroxylation sites is 1. The molecule has 2 amide bonds. The van der Waals surface area contributed by atoms with Crippen molar-refractivity contribution >= 4 is 35.1 Å². The highest BCUT2D eigenvalue weighted by molar-refractivity contribution is 6.10. The van der Waals surface area contributed by atoms with E-state index in [0.29, 0.717) is 5.69 Å². The largest absolute Gasteiger partial charge is 0.463 e. The molecule has 8 nitrogen and oxygen atoms in total. The lowest BCUT2D eigenvalue weighted by Crippen LogP contribution is -2.22. The van der Waals surface area contributed by atoms with E-state index in [1.54, 1.807) is 19.1 Å². The zero-order valence-electron chi connectivity index (χ0n) is 16.0. The fourth-order valence-electron chi connectivity index (χ4n) is 2.22. The molecule has 0 heterocycles. The number of hydrogen-bond donors (Lipinski definition) is 2. The fraction of sp³-hybridized carbons (Fsp3) is 0.143. The third kappa shape index (κ3) is 7.19. The highest BCUT2D eigenvalue weighted by Gasteiger charge is 2.14. The average Bonchev–Trinajstić information content (AvgIpc) is 2.73. The molecule has 0 aromatic heterocycles. The predicted octanol–water partition coefficient (Wildman–Crippen LogP) is 2.68. The number of ether oxygens (including phenoxy) is 2. The third-order valence-corrected chi connectivity index (χ3v) is 3.54. The zero-order valence-corrected chi connectivity index (χ0v) is 16.0. The molecule has 2 N–H and O–H groups in total. The van der Waals surface area contributed by atoms with Crippen molar-refractivity contribution < 1.29 is 33.0 Å². The number of carbonyl (C=O) groups is 4. The van der Waals surface area contributed by atoms with Crippen molar-refractivity contribution in [3.63, 3.8) is 0 Å². The van der Waals surface area contributed by atoms with Gasteiger partial charge in [0.05, 0.1) is 17.9 Å². The standard InChI is InChI=1S/C21H19FN2O6/c1-2-29-19(26)11-12-20(27)30-13-18(25)24-17-6-4-3-5-16(17)21(28)23-15-9-7-14(22)8-10-15/h3-12H,2,13H2,1H3,(H,23,28)(H,24,25)/b12-11+. The minimum Gasteiger partial charge on any atom is -0.463 e. The van der Waals surface area contributed by atoms with E-state index in [0.717, 1.165) is 12.2 Å². The normalized spacial score (nSPS) is 10.3. The van der Waals surface area contributed by atoms with Gasteiger partial charge in [0.1, 0.15) is 5.82 Å². The Morgan fingerprint density at radius 1 is 0.900 bits per heavy atom. The highest BCUT2D eigenvalue weighted by Crippen LogP contribution is 2.17. The summed E-state index contributed by atoms with van der Waals surface area (Å²) in [5, 5.41) is 5.07. The van der Waals surface area contributed by atoms with Gasteiger partial charge in [-0.2, -0.15) is 0 Å². The van der Waals surface area contributed by atoms with Crippen LogP contribution in [0.2, 0.25) is 0 Å². The van der Waals surface area contributed by atoms with Crippen LogP contribution in [0.3, 0.4) is 0 Å². The van der Waals surface area contributed by atoms with Crippen LogP contribution in [0.15, 0.2) is 60.7 Å². The van der Waals surface area contributed by atoms with Crippen molar-refractivity contribution in [2.75, 3.05) is 23.8 Å². The SMILES string of the molecule is CCOC(=O)/C=C/C(=O)OCC(=O)Nc1ccccc1C(=O)Nc1ccc(F)cc1. The van der Waals surface area contributed by atoms with Crippen molar-refractivity contribution in [1.29, 1.82) is 0 Å². The van der Waals surface area contributed by atoms with E-state index in [2.05, 4.69) is 15.4 Å². The zero-order chi connectivity index (χ0) is 21.9. The summed E-state index contributed by atoms with van der Waals surface area (Å²) in [5.41, 5.74) is 0.730. The second kappa shape index (κ2) is 11.1. The van der Waals surface area contributed by atoms with Gasteiger partial charge >= 0.3 is 11.9 Å². The summed E-state index contributed by atoms with van der Waals surface area (Å²) in [4.78, 5) is 47.2. The number of anilines is 2. The Morgan fingerprint density at radius 3 is 2.20 bits per heavy atom. The topological polar surface area (TPSA) is 111 Å². The molecule has 2 aromatic rings. The summed E-state index contributed by atoms with van der Waals surface area (Å²) < 4.78 is 22.3. The maximum atomic E-state index is 13.0. The Bertz CT molecular complexity index is 956. The first-order valence-corrected chi connectivity index (χ1v) is 8.86. The molecule has 0 aliphatic carbocycles. The summed E-state index contributed by atoms with van der Waals surface area (Å²) in [7, 11) is 0. The molecular formula is C21H19FN2O6. The van der Waals surface area contributed by atoms with E-state index in [1.165, 1.54) is 36.4 Å². The van der Waals surface area contributed by atoms with Crippen LogP contribution < -0.4 is 10.6 Å². The molecular weight excluding hydrogens is 395 g/mol. The summed E-state index contributed by atoms with van der Waals surface area (Å²) in [5.74, 6) is -3.25. The molecule has 30 heavy (non-hydrogen) atoms. The van der Waals surface area contributed by atoms with Gasteiger partial charge in [-0.1, -0.05) is 12.1 Å². The van der Waals surface area contributed by atoms with Crippen LogP contribution in [-0.4, -0.2) is 37.0 Å². The van der Waals surface area contributed by atoms with Gasteiger partial charge in [-0.3, -0.25) is 9.59 Å². The lowest BCUT2D eigenvalue weighted by molar-refractivity contribution is -0.143. The minimum atomic E-state index is -0.902. The van der Waals surface area contributed by atoms with E-state index in [-0.39, 0.29) is 17.9 Å². The van der Waals surface area contributed by atoms with Crippen LogP contribution in [0, 0.1) is 5.82 Å². The first-order chi connectivity index (χ1) is 14.4. The minimum absolute atomic E-state index is 0.156. The molecule has 0 fully saturated rings. The smallest absolute Gasteiger partial charge is 0.331 e. The van der Waals surface area contributed by atoms with E-state index < -0.39 is 36.2 Å². The van der Waals surface area contributed by atoms with Crippen molar-refractivity contribution in [2.45, 2.75) is 6.92 Å². The van der Waals surface area contributed by atoms with Crippen LogP contribution in [-0.2, 0) is 23.9 Å². The molecule has 0 saturated heterocycles. The second-order valence-electron chi connectivity index (χ2n) is 5.75. The summed E-state index contributed by atoms with van der Waals surface area (Å²) in [6, 6.07) is 11.4. The Balaban J connectivity index is 1.94. The van der Waals surface area contributed by atoms with Crippen molar-refractivity contribution in [3.05, 3.63) is 72.1 Å². The number of rotatable bonds is 8. The number of benzene rings is 2. The third-order valence-electron chi connectivity index (χ3n) is 3.54. The molecule has 0 aliphatic heterocycles. The molecule has 0 atom stereocenters. The van der Waals surface area contributed by atoms with Gasteiger partial charge in [-0.15, -0.1) is 0 Å². The molecule has 0 radical (unpaired) electrons. The van der Waals surface area contributed by atoms with Gasteiger partial charge in [-0.05, 0) is 43.3 Å². The van der Waals surface area contributed by atoms with Gasteiger partial charge in [0.25, 0.3) is 11.8 Å². The highest BCUT2D eigenvalue weighted by atomic mass is 19.1. The van der Waals surface area contributed by atoms with Gasteiger partial charge in [0, 0.05) is 17.8 Å². The summed E-state index contributed by atoms with van der Waals surface area (Å²) in [6.45, 7) is 1.15. The Labute approximate surface area is 171 Å². The van der Waals surface area contributed by atoms with Crippen LogP contribution in [0.4, 0.5) is 15.8 Å². The van der Waals surface area contributed by atoms with E-state index in [1.807, 2.05) is 0 Å². The molecule has 0 unspecified atom stereocenters. The lowest BCUT2D eigenvalue weighted by Gasteiger charge is -2.11. The van der Waals surface area contributed by atoms with Crippen LogP contribution in [0.25, 0.3) is 0 Å². The Hall–Kier alpha value is -4.01. The molecule has 0 bridgehead atoms. The number of hydrogen-bond acceptors (Lipinski definition) is 6. The Kier molecular flexibility index (Phi) is 8.25. The predicted molar refractivity (Wildman–Crippen MR) is 106 cm³/mol. The number of halogens is 1. The second-order valence-corrected chi connectivity index (χ2v) is 5.75. The summed E-state index contributed by atoms with van der Waals surface area (Å²) >= 11 is 0. The molecule has 0 saturated carbocycles. The molecule has 2 rings (SSSR count). The molecule has 0 spiro atoms. The van der Waals surface area contributed by atoms with Crippen molar-refractivity contribution in [2.24, 2.45) is 0 Å². The molecule has 156 valence electrons. The van der Waals surface area contributed by atoms with Crippen LogP contribution >= 0.6 is 0 Å². The fourth-order valence-corrected chi connectivity index (χ4v) is 2.22. The number of esters is 2. The van der Waals surface area contributed by atoms with Gasteiger partial charge in [0.2, 0.25) is 0 Å². The van der Waals surface area contributed by atoms with Gasteiger partial charge in [-0.25, -0.2) is 14.0 Å². The van der Waals surface area contributed by atoms with Gasteiger partial charge in [0.15, 0.2) is 6.61 Å². The molecule has 0 aliphatic rings. The van der Waals surface area contributed by atoms with Gasteiger partial charge < -0.3 is 20.1 Å². The van der Waals surface area contributed by atoms with Crippen molar-refractivity contribution in [1.82, 2.24) is 0 Å². The molecule has 2 aromatic carbocycles. The van der Waals surface area contributed by atoms with Crippen molar-refractivity contribution in [3.8, 4) is 0 Å². The lowest BCUT2D eigenvalue weighted by atomic mass is 10.1. The number of carbonyl (C=O) groups excluding carboxylic acids is 4. The summed E-state index contributed by atoms with van der Waals surface area (Å²) in [6.07, 6.45) is 1.73. The van der Waals surface area contributed by atoms with E-state index in [4.69, 9.17) is 4.74 Å². The maximum Gasteiger partial charge on any atom is 0.331 e. The van der Waals surface area contributed by atoms with E-state index >= 15 is 0 Å². The maximum absolute atomic E-state index is 13.0. The monoisotopic (exact) mass is 414 g/mol. The number of amides is 2. The Morgan fingerprint density at radius 2 is 1.53 bits per heavy atom. The molecule has 9 heteroatoms. The first-order valence-electron chi connectivity index (χ1n) is 8.86. The van der Waals surface area contributed by atoms with Crippen LogP contribution in [0.1, 0.15) is 17.3 Å². The van der Waals surface area contributed by atoms with Crippen LogP contribution in [0.5, 0.6) is 0 Å². The first kappa shape index (κ1) is 22.3. The van der Waals surface area contributed by atoms with E-state index in [9.17, 15) is 23.6 Å².